The Labute approximate surface area is 176 Å². The van der Waals surface area contributed by atoms with Gasteiger partial charge in [0.25, 0.3) is 0 Å². The van der Waals surface area contributed by atoms with Crippen molar-refractivity contribution in [3.05, 3.63) is 45.1 Å². The fraction of sp³-hybridized carbons (Fsp3) is 0.565. The SMILES string of the molecule is COc1cc(C[NH2+]C2C3CC4CC(C3)CC2C4)cc(Cl)c1OCc1cccs1. The summed E-state index contributed by atoms with van der Waals surface area (Å²) < 4.78 is 11.6. The van der Waals surface area contributed by atoms with Gasteiger partial charge in [-0.3, -0.25) is 0 Å². The Bertz CT molecular complexity index is 794. The maximum Gasteiger partial charge on any atom is 0.180 e. The monoisotopic (exact) mass is 418 g/mol. The van der Waals surface area contributed by atoms with E-state index in [0.29, 0.717) is 17.4 Å². The number of hydrogen-bond acceptors (Lipinski definition) is 3. The first-order valence-electron chi connectivity index (χ1n) is 10.5. The minimum atomic E-state index is 0.521. The largest absolute Gasteiger partial charge is 0.493 e. The van der Waals surface area contributed by atoms with Crippen molar-refractivity contribution in [3.8, 4) is 11.5 Å². The van der Waals surface area contributed by atoms with Crippen molar-refractivity contribution in [2.45, 2.75) is 51.3 Å². The van der Waals surface area contributed by atoms with E-state index in [2.05, 4.69) is 28.9 Å². The maximum atomic E-state index is 6.58. The van der Waals surface area contributed by atoms with Crippen LogP contribution in [0.2, 0.25) is 5.02 Å². The number of ether oxygens (including phenoxy) is 2. The molecule has 0 aliphatic heterocycles. The minimum Gasteiger partial charge on any atom is -0.493 e. The van der Waals surface area contributed by atoms with Gasteiger partial charge >= 0.3 is 0 Å². The number of nitrogens with two attached hydrogens (primary N) is 1. The van der Waals surface area contributed by atoms with E-state index >= 15 is 0 Å². The third kappa shape index (κ3) is 3.67. The summed E-state index contributed by atoms with van der Waals surface area (Å²) in [6.45, 7) is 1.49. The molecular formula is C23H29ClNO2S+. The second kappa shape index (κ2) is 7.89. The normalized spacial score (nSPS) is 30.6. The molecule has 6 rings (SSSR count). The van der Waals surface area contributed by atoms with Crippen LogP contribution < -0.4 is 14.8 Å². The summed E-state index contributed by atoms with van der Waals surface area (Å²) in [5, 5.41) is 5.29. The molecule has 0 saturated heterocycles. The standard InChI is InChI=1S/C23H28ClNO2S/c1-26-21-11-16(10-20(24)23(21)27-13-19-3-2-4-28-19)12-25-22-17-6-14-5-15(8-17)9-18(22)7-14/h2-4,10-11,14-15,17-18,22,25H,5-9,12-13H2,1H3/p+1. The molecule has 0 spiro atoms. The van der Waals surface area contributed by atoms with Gasteiger partial charge in [-0.1, -0.05) is 17.7 Å². The van der Waals surface area contributed by atoms with Crippen molar-refractivity contribution in [2.75, 3.05) is 7.11 Å². The van der Waals surface area contributed by atoms with E-state index < -0.39 is 0 Å². The number of quaternary nitrogens is 1. The zero-order valence-corrected chi connectivity index (χ0v) is 18.0. The average Bonchev–Trinajstić information content (AvgIpc) is 3.19. The third-order valence-electron chi connectivity index (χ3n) is 7.15. The van der Waals surface area contributed by atoms with Crippen LogP contribution >= 0.6 is 22.9 Å². The van der Waals surface area contributed by atoms with Gasteiger partial charge in [0.05, 0.1) is 18.2 Å². The van der Waals surface area contributed by atoms with Crippen molar-refractivity contribution >= 4 is 22.9 Å². The number of halogens is 1. The average molecular weight is 419 g/mol. The van der Waals surface area contributed by atoms with E-state index in [1.54, 1.807) is 18.4 Å². The number of benzene rings is 1. The predicted molar refractivity (Wildman–Crippen MR) is 113 cm³/mol. The van der Waals surface area contributed by atoms with Crippen LogP contribution in [0.3, 0.4) is 0 Å². The van der Waals surface area contributed by atoms with Crippen LogP contribution in [0.1, 0.15) is 42.5 Å². The van der Waals surface area contributed by atoms with E-state index in [-0.39, 0.29) is 0 Å². The highest BCUT2D eigenvalue weighted by Crippen LogP contribution is 2.52. The molecule has 4 saturated carbocycles. The van der Waals surface area contributed by atoms with Gasteiger partial charge in [0.2, 0.25) is 0 Å². The van der Waals surface area contributed by atoms with Gasteiger partial charge in [-0.25, -0.2) is 0 Å². The Hall–Kier alpha value is -1.23. The molecule has 5 heteroatoms. The van der Waals surface area contributed by atoms with Crippen LogP contribution in [0.25, 0.3) is 0 Å². The highest BCUT2D eigenvalue weighted by Gasteiger charge is 2.50. The zero-order chi connectivity index (χ0) is 19.1. The molecule has 2 N–H and O–H groups in total. The minimum absolute atomic E-state index is 0.521. The van der Waals surface area contributed by atoms with Crippen molar-refractivity contribution in [3.63, 3.8) is 0 Å². The molecule has 0 amide bonds. The number of methoxy groups -OCH3 is 1. The molecule has 4 aliphatic carbocycles. The molecule has 0 atom stereocenters. The Morgan fingerprint density at radius 2 is 1.86 bits per heavy atom. The van der Waals surface area contributed by atoms with Crippen LogP contribution in [-0.2, 0) is 13.2 Å². The van der Waals surface area contributed by atoms with Gasteiger partial charge < -0.3 is 14.8 Å². The van der Waals surface area contributed by atoms with Gasteiger partial charge in [0.15, 0.2) is 11.5 Å². The smallest absolute Gasteiger partial charge is 0.180 e. The van der Waals surface area contributed by atoms with E-state index in [1.807, 2.05) is 6.07 Å². The zero-order valence-electron chi connectivity index (χ0n) is 16.4. The Kier molecular flexibility index (Phi) is 5.29. The number of hydrogen-bond donors (Lipinski definition) is 1. The van der Waals surface area contributed by atoms with Crippen molar-refractivity contribution in [1.29, 1.82) is 0 Å². The van der Waals surface area contributed by atoms with E-state index in [1.165, 1.54) is 42.5 Å². The Morgan fingerprint density at radius 3 is 2.50 bits per heavy atom. The molecular weight excluding hydrogens is 390 g/mol. The first kappa shape index (κ1) is 18.8. The second-order valence-corrected chi connectivity index (χ2v) is 10.4. The highest BCUT2D eigenvalue weighted by atomic mass is 35.5. The second-order valence-electron chi connectivity index (χ2n) is 8.92. The molecule has 3 nitrogen and oxygen atoms in total. The van der Waals surface area contributed by atoms with Gasteiger partial charge in [0, 0.05) is 22.3 Å². The Balaban J connectivity index is 1.26. The van der Waals surface area contributed by atoms with Crippen LogP contribution in [0.15, 0.2) is 29.6 Å². The van der Waals surface area contributed by atoms with E-state index in [0.717, 1.165) is 42.0 Å². The molecule has 0 radical (unpaired) electrons. The lowest BCUT2D eigenvalue weighted by molar-refractivity contribution is -0.723. The molecule has 4 bridgehead atoms. The molecule has 2 aromatic rings. The third-order valence-corrected chi connectivity index (χ3v) is 8.28. The molecule has 28 heavy (non-hydrogen) atoms. The summed E-state index contributed by atoms with van der Waals surface area (Å²) in [7, 11) is 1.69. The van der Waals surface area contributed by atoms with E-state index in [4.69, 9.17) is 21.1 Å². The van der Waals surface area contributed by atoms with Crippen LogP contribution in [0, 0.1) is 23.7 Å². The molecule has 1 heterocycles. The van der Waals surface area contributed by atoms with Crippen LogP contribution in [0.5, 0.6) is 11.5 Å². The quantitative estimate of drug-likeness (QED) is 0.695. The summed E-state index contributed by atoms with van der Waals surface area (Å²) in [6, 6.07) is 9.06. The first-order chi connectivity index (χ1) is 13.7. The van der Waals surface area contributed by atoms with Gasteiger partial charge in [-0.15, -0.1) is 11.3 Å². The predicted octanol–water partition coefficient (Wildman–Crippen LogP) is 4.88. The molecule has 1 aromatic carbocycles. The summed E-state index contributed by atoms with van der Waals surface area (Å²) in [5.41, 5.74) is 1.22. The lowest BCUT2D eigenvalue weighted by Crippen LogP contribution is -2.93. The molecule has 4 fully saturated rings. The van der Waals surface area contributed by atoms with Crippen LogP contribution in [-0.4, -0.2) is 13.2 Å². The molecule has 0 unspecified atom stereocenters. The number of rotatable bonds is 7. The summed E-state index contributed by atoms with van der Waals surface area (Å²) in [4.78, 5) is 1.18. The van der Waals surface area contributed by atoms with Crippen molar-refractivity contribution in [2.24, 2.45) is 23.7 Å². The van der Waals surface area contributed by atoms with E-state index in [9.17, 15) is 0 Å². The maximum absolute atomic E-state index is 6.58. The number of thiophene rings is 1. The van der Waals surface area contributed by atoms with Gasteiger partial charge in [-0.2, -0.15) is 0 Å². The van der Waals surface area contributed by atoms with Gasteiger partial charge in [-0.05, 0) is 67.5 Å². The molecule has 1 aromatic heterocycles. The molecule has 150 valence electrons. The highest BCUT2D eigenvalue weighted by molar-refractivity contribution is 7.09. The summed E-state index contributed by atoms with van der Waals surface area (Å²) in [6.07, 6.45) is 7.38. The Morgan fingerprint density at radius 1 is 1.11 bits per heavy atom. The topological polar surface area (TPSA) is 35.1 Å². The summed E-state index contributed by atoms with van der Waals surface area (Å²) >= 11 is 8.27. The lowest BCUT2D eigenvalue weighted by atomic mass is 9.54. The first-order valence-corrected chi connectivity index (χ1v) is 11.8. The van der Waals surface area contributed by atoms with Crippen molar-refractivity contribution < 1.29 is 14.8 Å². The summed E-state index contributed by atoms with van der Waals surface area (Å²) in [5.74, 6) is 5.31. The van der Waals surface area contributed by atoms with Crippen LogP contribution in [0.4, 0.5) is 0 Å². The lowest BCUT2D eigenvalue weighted by Gasteiger charge is -2.52. The molecule has 4 aliphatic rings. The van der Waals surface area contributed by atoms with Gasteiger partial charge in [0.1, 0.15) is 13.2 Å². The fourth-order valence-corrected chi connectivity index (χ4v) is 7.10. The fourth-order valence-electron chi connectivity index (χ4n) is 6.19. The van der Waals surface area contributed by atoms with Crippen molar-refractivity contribution in [1.82, 2.24) is 0 Å².